The lowest BCUT2D eigenvalue weighted by molar-refractivity contribution is 0.0947. The van der Waals surface area contributed by atoms with Gasteiger partial charge in [0.1, 0.15) is 5.56 Å². The maximum Gasteiger partial charge on any atom is 0.265 e. The minimum absolute atomic E-state index is 0.245. The molecule has 3 rings (SSSR count). The van der Waals surface area contributed by atoms with E-state index in [9.17, 15) is 14.7 Å². The van der Waals surface area contributed by atoms with Crippen molar-refractivity contribution < 1.29 is 9.90 Å². The number of pyridine rings is 1. The molecule has 23 heavy (non-hydrogen) atoms. The molecule has 0 unspecified atom stereocenters. The van der Waals surface area contributed by atoms with Crippen LogP contribution in [0.1, 0.15) is 28.4 Å². The van der Waals surface area contributed by atoms with E-state index in [-0.39, 0.29) is 11.3 Å². The molecule has 3 N–H and O–H groups in total. The highest BCUT2D eigenvalue weighted by Crippen LogP contribution is 2.29. The summed E-state index contributed by atoms with van der Waals surface area (Å²) in [5.41, 5.74) is 1.85. The van der Waals surface area contributed by atoms with Gasteiger partial charge in [-0.3, -0.25) is 9.59 Å². The Labute approximate surface area is 136 Å². The van der Waals surface area contributed by atoms with Gasteiger partial charge in [0.05, 0.1) is 10.2 Å². The van der Waals surface area contributed by atoms with Crippen molar-refractivity contribution in [2.24, 2.45) is 0 Å². The molecule has 3 aromatic rings. The Morgan fingerprint density at radius 2 is 1.91 bits per heavy atom. The molecule has 0 aliphatic rings. The number of fused-ring (bicyclic) bond motifs is 1. The third-order valence-corrected chi connectivity index (χ3v) is 4.62. The zero-order chi connectivity index (χ0) is 16.4. The summed E-state index contributed by atoms with van der Waals surface area (Å²) in [4.78, 5) is 26.9. The van der Waals surface area contributed by atoms with Gasteiger partial charge in [0, 0.05) is 6.54 Å². The monoisotopic (exact) mass is 328 g/mol. The van der Waals surface area contributed by atoms with Crippen LogP contribution in [0.25, 0.3) is 10.2 Å². The van der Waals surface area contributed by atoms with Crippen molar-refractivity contribution in [3.05, 3.63) is 62.8 Å². The molecule has 1 amide bonds. The van der Waals surface area contributed by atoms with Crippen LogP contribution in [-0.2, 0) is 13.0 Å². The molecule has 118 valence electrons. The van der Waals surface area contributed by atoms with Crippen LogP contribution in [0.15, 0.2) is 40.5 Å². The van der Waals surface area contributed by atoms with Gasteiger partial charge in [-0.15, -0.1) is 11.3 Å². The number of aromatic nitrogens is 1. The van der Waals surface area contributed by atoms with Crippen molar-refractivity contribution in [1.29, 1.82) is 0 Å². The Hall–Kier alpha value is -2.60. The smallest absolute Gasteiger partial charge is 0.265 e. The van der Waals surface area contributed by atoms with Gasteiger partial charge in [0.2, 0.25) is 0 Å². The van der Waals surface area contributed by atoms with E-state index in [2.05, 4.69) is 17.2 Å². The highest BCUT2D eigenvalue weighted by Gasteiger charge is 2.19. The number of rotatable bonds is 4. The Morgan fingerprint density at radius 3 is 2.61 bits per heavy atom. The second-order valence-electron chi connectivity index (χ2n) is 5.19. The summed E-state index contributed by atoms with van der Waals surface area (Å²) in [6, 6.07) is 9.57. The summed E-state index contributed by atoms with van der Waals surface area (Å²) in [5, 5.41) is 14.6. The maximum atomic E-state index is 12.3. The number of aryl methyl sites for hydroxylation is 1. The summed E-state index contributed by atoms with van der Waals surface area (Å²) < 4.78 is 0.502. The van der Waals surface area contributed by atoms with E-state index in [0.717, 1.165) is 12.0 Å². The van der Waals surface area contributed by atoms with Gasteiger partial charge in [-0.05, 0) is 29.0 Å². The molecule has 6 heteroatoms. The zero-order valence-electron chi connectivity index (χ0n) is 12.6. The normalized spacial score (nSPS) is 10.8. The molecule has 0 atom stereocenters. The molecule has 0 saturated heterocycles. The minimum atomic E-state index is -0.591. The Kier molecular flexibility index (Phi) is 4.16. The van der Waals surface area contributed by atoms with Crippen LogP contribution >= 0.6 is 11.3 Å². The Balaban J connectivity index is 1.81. The number of carbonyl (C=O) groups is 1. The largest absolute Gasteiger partial charge is 0.505 e. The van der Waals surface area contributed by atoms with Crippen LogP contribution in [0.3, 0.4) is 0 Å². The van der Waals surface area contributed by atoms with E-state index in [1.807, 2.05) is 24.3 Å². The van der Waals surface area contributed by atoms with E-state index in [4.69, 9.17) is 0 Å². The number of carbonyl (C=O) groups excluding carboxylic acids is 1. The third-order valence-electron chi connectivity index (χ3n) is 3.70. The molecular weight excluding hydrogens is 312 g/mol. The fourth-order valence-electron chi connectivity index (χ4n) is 2.37. The van der Waals surface area contributed by atoms with Crippen molar-refractivity contribution in [2.45, 2.75) is 19.9 Å². The SMILES string of the molecule is CCc1ccc(CNC(=O)c2c(O)c3sccc3[nH]c2=O)cc1. The molecule has 0 radical (unpaired) electrons. The number of hydrogen-bond donors (Lipinski definition) is 3. The number of aromatic amines is 1. The fraction of sp³-hybridized carbons (Fsp3) is 0.176. The second-order valence-corrected chi connectivity index (χ2v) is 6.11. The lowest BCUT2D eigenvalue weighted by Gasteiger charge is -2.07. The standard InChI is InChI=1S/C17H16N2O3S/c1-2-10-3-5-11(6-4-10)9-18-16(21)13-14(20)15-12(7-8-23-15)19-17(13)22/h3-8H,2,9H2,1H3,(H,18,21)(H2,19,20,22). The van der Waals surface area contributed by atoms with Crippen LogP contribution < -0.4 is 10.9 Å². The van der Waals surface area contributed by atoms with E-state index >= 15 is 0 Å². The zero-order valence-corrected chi connectivity index (χ0v) is 13.4. The van der Waals surface area contributed by atoms with Crippen molar-refractivity contribution in [3.63, 3.8) is 0 Å². The number of hydrogen-bond acceptors (Lipinski definition) is 4. The highest BCUT2D eigenvalue weighted by molar-refractivity contribution is 7.17. The molecule has 0 saturated carbocycles. The lowest BCUT2D eigenvalue weighted by atomic mass is 10.1. The topological polar surface area (TPSA) is 82.2 Å². The average Bonchev–Trinajstić information content (AvgIpc) is 3.02. The molecule has 0 fully saturated rings. The Bertz CT molecular complexity index is 910. The molecule has 2 aromatic heterocycles. The first kappa shape index (κ1) is 15.3. The quantitative estimate of drug-likeness (QED) is 0.689. The number of aromatic hydroxyl groups is 1. The average molecular weight is 328 g/mol. The summed E-state index contributed by atoms with van der Waals surface area (Å²) in [6.45, 7) is 2.37. The minimum Gasteiger partial charge on any atom is -0.505 e. The van der Waals surface area contributed by atoms with Crippen molar-refractivity contribution in [1.82, 2.24) is 10.3 Å². The van der Waals surface area contributed by atoms with E-state index in [0.29, 0.717) is 16.8 Å². The first-order valence-electron chi connectivity index (χ1n) is 7.28. The third kappa shape index (κ3) is 2.98. The lowest BCUT2D eigenvalue weighted by Crippen LogP contribution is -2.29. The van der Waals surface area contributed by atoms with Crippen molar-refractivity contribution in [2.75, 3.05) is 0 Å². The molecule has 0 aliphatic heterocycles. The van der Waals surface area contributed by atoms with Gasteiger partial charge >= 0.3 is 0 Å². The van der Waals surface area contributed by atoms with Crippen LogP contribution in [0, 0.1) is 0 Å². The number of thiophene rings is 1. The van der Waals surface area contributed by atoms with Crippen molar-refractivity contribution >= 4 is 27.5 Å². The van der Waals surface area contributed by atoms with Gasteiger partial charge in [0.25, 0.3) is 11.5 Å². The number of H-pyrrole nitrogens is 1. The molecule has 5 nitrogen and oxygen atoms in total. The summed E-state index contributed by atoms with van der Waals surface area (Å²) >= 11 is 1.27. The van der Waals surface area contributed by atoms with Crippen LogP contribution in [0.2, 0.25) is 0 Å². The van der Waals surface area contributed by atoms with Gasteiger partial charge in [-0.2, -0.15) is 0 Å². The molecular formula is C17H16N2O3S. The van der Waals surface area contributed by atoms with E-state index in [1.165, 1.54) is 16.9 Å². The number of benzene rings is 1. The predicted molar refractivity (Wildman–Crippen MR) is 91.1 cm³/mol. The molecule has 0 spiro atoms. The van der Waals surface area contributed by atoms with Gasteiger partial charge < -0.3 is 15.4 Å². The summed E-state index contributed by atoms with van der Waals surface area (Å²) in [7, 11) is 0. The van der Waals surface area contributed by atoms with E-state index < -0.39 is 11.5 Å². The molecule has 1 aromatic carbocycles. The first-order chi connectivity index (χ1) is 11.1. The van der Waals surface area contributed by atoms with Gasteiger partial charge in [-0.25, -0.2) is 0 Å². The summed E-state index contributed by atoms with van der Waals surface area (Å²) in [5.74, 6) is -0.851. The molecule has 0 bridgehead atoms. The maximum absolute atomic E-state index is 12.3. The molecule has 2 heterocycles. The summed E-state index contributed by atoms with van der Waals surface area (Å²) in [6.07, 6.45) is 0.955. The highest BCUT2D eigenvalue weighted by atomic mass is 32.1. The predicted octanol–water partition coefficient (Wildman–Crippen LogP) is 2.79. The van der Waals surface area contributed by atoms with Crippen LogP contribution in [0.4, 0.5) is 0 Å². The number of nitrogens with one attached hydrogen (secondary N) is 2. The Morgan fingerprint density at radius 1 is 1.22 bits per heavy atom. The molecule has 0 aliphatic carbocycles. The number of amides is 1. The van der Waals surface area contributed by atoms with Gasteiger partial charge in [0.15, 0.2) is 5.75 Å². The van der Waals surface area contributed by atoms with Crippen molar-refractivity contribution in [3.8, 4) is 5.75 Å². The fourth-order valence-corrected chi connectivity index (χ4v) is 3.17. The van der Waals surface area contributed by atoms with Crippen LogP contribution in [-0.4, -0.2) is 16.0 Å². The second kappa shape index (κ2) is 6.26. The van der Waals surface area contributed by atoms with Crippen LogP contribution in [0.5, 0.6) is 5.75 Å². The van der Waals surface area contributed by atoms with Gasteiger partial charge in [-0.1, -0.05) is 31.2 Å². The first-order valence-corrected chi connectivity index (χ1v) is 8.16. The van der Waals surface area contributed by atoms with E-state index in [1.54, 1.807) is 11.4 Å².